The van der Waals surface area contributed by atoms with Crippen LogP contribution in [0.15, 0.2) is 12.4 Å². The Bertz CT molecular complexity index is 392. The Kier molecular flexibility index (Phi) is 4.21. The molecule has 3 rings (SSSR count). The molecule has 0 spiro atoms. The van der Waals surface area contributed by atoms with E-state index in [0.717, 1.165) is 24.3 Å². The van der Waals surface area contributed by atoms with Crippen molar-refractivity contribution >= 4 is 0 Å². The maximum atomic E-state index is 4.54. The molecule has 1 aliphatic heterocycles. The molecule has 0 bridgehead atoms. The summed E-state index contributed by atoms with van der Waals surface area (Å²) < 4.78 is 2.13. The van der Waals surface area contributed by atoms with E-state index < -0.39 is 0 Å². The minimum absolute atomic E-state index is 0.745. The molecule has 106 valence electrons. The van der Waals surface area contributed by atoms with Crippen LogP contribution in [0, 0.1) is 11.8 Å². The normalized spacial score (nSPS) is 28.9. The highest BCUT2D eigenvalue weighted by atomic mass is 15.3. The predicted molar refractivity (Wildman–Crippen MR) is 78.2 cm³/mol. The minimum atomic E-state index is 0.745. The average Bonchev–Trinajstić information content (AvgIpc) is 3.10. The quantitative estimate of drug-likeness (QED) is 0.902. The first-order valence-corrected chi connectivity index (χ1v) is 8.11. The van der Waals surface area contributed by atoms with Gasteiger partial charge in [-0.1, -0.05) is 32.6 Å². The molecule has 19 heavy (non-hydrogen) atoms. The molecule has 2 fully saturated rings. The molecule has 1 saturated heterocycles. The number of hydrogen-bond donors (Lipinski definition) is 1. The van der Waals surface area contributed by atoms with E-state index >= 15 is 0 Å². The fraction of sp³-hybridized carbons (Fsp3) is 0.812. The van der Waals surface area contributed by atoms with E-state index in [1.54, 1.807) is 0 Å². The highest BCUT2D eigenvalue weighted by molar-refractivity contribution is 5.15. The zero-order chi connectivity index (χ0) is 13.1. The SMILES string of the molecule is CCCn1cc(C2CCNCC2C2CCCC2)cn1. The largest absolute Gasteiger partial charge is 0.316 e. The van der Waals surface area contributed by atoms with Gasteiger partial charge in [0, 0.05) is 12.7 Å². The Morgan fingerprint density at radius 2 is 2.16 bits per heavy atom. The maximum Gasteiger partial charge on any atom is 0.0524 e. The lowest BCUT2D eigenvalue weighted by atomic mass is 9.74. The first-order valence-electron chi connectivity index (χ1n) is 8.11. The summed E-state index contributed by atoms with van der Waals surface area (Å²) in [6.45, 7) is 5.66. The van der Waals surface area contributed by atoms with E-state index in [0.29, 0.717) is 0 Å². The van der Waals surface area contributed by atoms with Crippen LogP contribution in [0.2, 0.25) is 0 Å². The predicted octanol–water partition coefficient (Wildman–Crippen LogP) is 3.18. The summed E-state index contributed by atoms with van der Waals surface area (Å²) in [6, 6.07) is 0. The standard InChI is InChI=1S/C16H27N3/c1-2-9-19-12-14(10-18-19)15-7-8-17-11-16(15)13-5-3-4-6-13/h10,12-13,15-17H,2-9,11H2,1H3. The molecule has 1 aliphatic carbocycles. The number of piperidine rings is 1. The number of rotatable bonds is 4. The lowest BCUT2D eigenvalue weighted by Gasteiger charge is -2.35. The first-order chi connectivity index (χ1) is 9.38. The third-order valence-electron chi connectivity index (χ3n) is 5.07. The van der Waals surface area contributed by atoms with Crippen LogP contribution in [0.25, 0.3) is 0 Å². The van der Waals surface area contributed by atoms with Gasteiger partial charge in [0.2, 0.25) is 0 Å². The first kappa shape index (κ1) is 13.2. The number of aryl methyl sites for hydroxylation is 1. The monoisotopic (exact) mass is 261 g/mol. The van der Waals surface area contributed by atoms with Gasteiger partial charge in [0.25, 0.3) is 0 Å². The van der Waals surface area contributed by atoms with E-state index in [2.05, 4.69) is 34.4 Å². The third-order valence-corrected chi connectivity index (χ3v) is 5.07. The van der Waals surface area contributed by atoms with Crippen LogP contribution in [0.5, 0.6) is 0 Å². The second kappa shape index (κ2) is 6.08. The van der Waals surface area contributed by atoms with Crippen LogP contribution in [0.3, 0.4) is 0 Å². The van der Waals surface area contributed by atoms with Crippen molar-refractivity contribution in [2.24, 2.45) is 11.8 Å². The van der Waals surface area contributed by atoms with Crippen molar-refractivity contribution in [3.63, 3.8) is 0 Å². The van der Waals surface area contributed by atoms with Crippen LogP contribution in [-0.4, -0.2) is 22.9 Å². The number of hydrogen-bond acceptors (Lipinski definition) is 2. The van der Waals surface area contributed by atoms with Gasteiger partial charge in [-0.3, -0.25) is 4.68 Å². The molecule has 1 saturated carbocycles. The number of nitrogens with zero attached hydrogens (tertiary/aromatic N) is 2. The molecule has 1 N–H and O–H groups in total. The van der Waals surface area contributed by atoms with Gasteiger partial charge < -0.3 is 5.32 Å². The fourth-order valence-corrected chi connectivity index (χ4v) is 4.10. The van der Waals surface area contributed by atoms with Gasteiger partial charge in [-0.2, -0.15) is 5.10 Å². The van der Waals surface area contributed by atoms with E-state index in [4.69, 9.17) is 0 Å². The summed E-state index contributed by atoms with van der Waals surface area (Å²) in [7, 11) is 0. The Morgan fingerprint density at radius 3 is 2.95 bits per heavy atom. The van der Waals surface area contributed by atoms with Crippen LogP contribution in [-0.2, 0) is 6.54 Å². The smallest absolute Gasteiger partial charge is 0.0524 e. The van der Waals surface area contributed by atoms with Crippen molar-refractivity contribution in [2.45, 2.75) is 57.9 Å². The lowest BCUT2D eigenvalue weighted by molar-refractivity contribution is 0.231. The Balaban J connectivity index is 1.74. The molecule has 3 nitrogen and oxygen atoms in total. The molecule has 2 heterocycles. The molecular formula is C16H27N3. The second-order valence-electron chi connectivity index (χ2n) is 6.34. The fourth-order valence-electron chi connectivity index (χ4n) is 4.10. The van der Waals surface area contributed by atoms with Crippen molar-refractivity contribution in [2.75, 3.05) is 13.1 Å². The van der Waals surface area contributed by atoms with E-state index in [9.17, 15) is 0 Å². The van der Waals surface area contributed by atoms with Gasteiger partial charge in [-0.05, 0) is 49.2 Å². The summed E-state index contributed by atoms with van der Waals surface area (Å²) in [5.74, 6) is 2.54. The third kappa shape index (κ3) is 2.86. The minimum Gasteiger partial charge on any atom is -0.316 e. The van der Waals surface area contributed by atoms with Crippen LogP contribution < -0.4 is 5.32 Å². The average molecular weight is 261 g/mol. The molecule has 0 aromatic carbocycles. The number of aromatic nitrogens is 2. The van der Waals surface area contributed by atoms with Crippen LogP contribution >= 0.6 is 0 Å². The van der Waals surface area contributed by atoms with Crippen molar-refractivity contribution in [3.8, 4) is 0 Å². The van der Waals surface area contributed by atoms with E-state index in [-0.39, 0.29) is 0 Å². The van der Waals surface area contributed by atoms with Crippen molar-refractivity contribution < 1.29 is 0 Å². The molecule has 2 aliphatic rings. The molecule has 1 aromatic heterocycles. The molecular weight excluding hydrogens is 234 g/mol. The highest BCUT2D eigenvalue weighted by Gasteiger charge is 2.34. The van der Waals surface area contributed by atoms with Crippen molar-refractivity contribution in [1.82, 2.24) is 15.1 Å². The van der Waals surface area contributed by atoms with Crippen LogP contribution in [0.4, 0.5) is 0 Å². The summed E-state index contributed by atoms with van der Waals surface area (Å²) in [4.78, 5) is 0. The van der Waals surface area contributed by atoms with Crippen molar-refractivity contribution in [3.05, 3.63) is 18.0 Å². The Morgan fingerprint density at radius 1 is 1.32 bits per heavy atom. The summed E-state index contributed by atoms with van der Waals surface area (Å²) >= 11 is 0. The van der Waals surface area contributed by atoms with E-state index in [1.807, 2.05) is 0 Å². The molecule has 2 unspecified atom stereocenters. The van der Waals surface area contributed by atoms with Gasteiger partial charge in [-0.25, -0.2) is 0 Å². The summed E-state index contributed by atoms with van der Waals surface area (Å²) in [6.07, 6.45) is 12.7. The molecule has 0 radical (unpaired) electrons. The second-order valence-corrected chi connectivity index (χ2v) is 6.34. The Hall–Kier alpha value is -0.830. The highest BCUT2D eigenvalue weighted by Crippen LogP contribution is 2.41. The van der Waals surface area contributed by atoms with Gasteiger partial charge in [0.15, 0.2) is 0 Å². The van der Waals surface area contributed by atoms with E-state index in [1.165, 1.54) is 57.2 Å². The summed E-state index contributed by atoms with van der Waals surface area (Å²) in [5, 5.41) is 8.15. The lowest BCUT2D eigenvalue weighted by Crippen LogP contribution is -2.38. The van der Waals surface area contributed by atoms with Gasteiger partial charge in [0.1, 0.15) is 0 Å². The zero-order valence-electron chi connectivity index (χ0n) is 12.1. The summed E-state index contributed by atoms with van der Waals surface area (Å²) in [5.41, 5.74) is 1.49. The van der Waals surface area contributed by atoms with Gasteiger partial charge >= 0.3 is 0 Å². The molecule has 0 amide bonds. The van der Waals surface area contributed by atoms with Gasteiger partial charge in [-0.15, -0.1) is 0 Å². The number of nitrogens with one attached hydrogen (secondary N) is 1. The Labute approximate surface area is 116 Å². The topological polar surface area (TPSA) is 29.9 Å². The van der Waals surface area contributed by atoms with Gasteiger partial charge in [0.05, 0.1) is 6.20 Å². The van der Waals surface area contributed by atoms with Crippen molar-refractivity contribution in [1.29, 1.82) is 0 Å². The molecule has 1 aromatic rings. The van der Waals surface area contributed by atoms with Crippen LogP contribution in [0.1, 0.15) is 56.9 Å². The zero-order valence-corrected chi connectivity index (χ0v) is 12.1. The molecule has 2 atom stereocenters. The molecule has 3 heteroatoms. The maximum absolute atomic E-state index is 4.54.